The van der Waals surface area contributed by atoms with Gasteiger partial charge in [0.25, 0.3) is 0 Å². The van der Waals surface area contributed by atoms with Crippen LogP contribution in [0.1, 0.15) is 33.6 Å². The van der Waals surface area contributed by atoms with Crippen molar-refractivity contribution in [1.82, 2.24) is 0 Å². The van der Waals surface area contributed by atoms with E-state index in [0.29, 0.717) is 5.92 Å². The van der Waals surface area contributed by atoms with Crippen molar-refractivity contribution in [3.05, 3.63) is 0 Å². The molecule has 2 nitrogen and oxygen atoms in total. The largest absolute Gasteiger partial charge is 0.396 e. The van der Waals surface area contributed by atoms with E-state index in [1.165, 1.54) is 0 Å². The predicted octanol–water partition coefficient (Wildman–Crippen LogP) is 1.41. The van der Waals surface area contributed by atoms with Gasteiger partial charge in [0.2, 0.25) is 0 Å². The van der Waals surface area contributed by atoms with Gasteiger partial charge in [-0.25, -0.2) is 0 Å². The fourth-order valence-corrected chi connectivity index (χ4v) is 1.29. The van der Waals surface area contributed by atoms with Gasteiger partial charge in [-0.05, 0) is 12.3 Å². The summed E-state index contributed by atoms with van der Waals surface area (Å²) in [5.41, 5.74) is 0. The summed E-state index contributed by atoms with van der Waals surface area (Å²) in [5.74, 6) is 0.318. The smallest absolute Gasteiger partial charge is 0.0613 e. The molecule has 0 aromatic rings. The highest BCUT2D eigenvalue weighted by Gasteiger charge is 2.19. The van der Waals surface area contributed by atoms with E-state index in [2.05, 4.69) is 6.92 Å². The lowest BCUT2D eigenvalue weighted by molar-refractivity contribution is 0.0337. The maximum Gasteiger partial charge on any atom is 0.0613 e. The minimum atomic E-state index is -0.347. The molecule has 11 heavy (non-hydrogen) atoms. The van der Waals surface area contributed by atoms with E-state index in [9.17, 15) is 5.11 Å². The molecule has 2 N–H and O–H groups in total. The van der Waals surface area contributed by atoms with Crippen LogP contribution in [-0.2, 0) is 0 Å². The highest BCUT2D eigenvalue weighted by molar-refractivity contribution is 4.69. The molecule has 0 saturated carbocycles. The zero-order valence-corrected chi connectivity index (χ0v) is 7.75. The van der Waals surface area contributed by atoms with Crippen LogP contribution in [0.2, 0.25) is 0 Å². The Morgan fingerprint density at radius 3 is 2.09 bits per heavy atom. The first-order chi connectivity index (χ1) is 5.13. The van der Waals surface area contributed by atoms with Gasteiger partial charge in [0.1, 0.15) is 0 Å². The van der Waals surface area contributed by atoms with E-state index in [-0.39, 0.29) is 18.6 Å². The minimum Gasteiger partial charge on any atom is -0.396 e. The van der Waals surface area contributed by atoms with Crippen molar-refractivity contribution in [2.24, 2.45) is 11.8 Å². The molecule has 0 bridgehead atoms. The van der Waals surface area contributed by atoms with Crippen LogP contribution in [0.5, 0.6) is 0 Å². The molecule has 0 saturated heterocycles. The van der Waals surface area contributed by atoms with Crippen molar-refractivity contribution in [3.63, 3.8) is 0 Å². The first kappa shape index (κ1) is 10.9. The van der Waals surface area contributed by atoms with Gasteiger partial charge in [0, 0.05) is 12.5 Å². The van der Waals surface area contributed by atoms with E-state index in [0.717, 1.165) is 12.8 Å². The van der Waals surface area contributed by atoms with Crippen LogP contribution in [0.15, 0.2) is 0 Å². The standard InChI is InChI=1S/C9H20O2/c1-4-5-7(2)9(11)8(3)6-10/h7-11H,4-6H2,1-3H3/t7-,8-,9+/m0/s1. The Morgan fingerprint density at radius 1 is 1.18 bits per heavy atom. The quantitative estimate of drug-likeness (QED) is 0.638. The lowest BCUT2D eigenvalue weighted by atomic mass is 9.91. The molecule has 0 aromatic carbocycles. The van der Waals surface area contributed by atoms with Crippen LogP contribution in [0.25, 0.3) is 0 Å². The molecule has 0 aliphatic rings. The Kier molecular flexibility index (Phi) is 5.51. The Hall–Kier alpha value is -0.0800. The molecule has 3 atom stereocenters. The zero-order valence-electron chi connectivity index (χ0n) is 7.75. The van der Waals surface area contributed by atoms with Crippen LogP contribution in [0.3, 0.4) is 0 Å². The minimum absolute atomic E-state index is 0.0107. The third-order valence-corrected chi connectivity index (χ3v) is 2.20. The maximum absolute atomic E-state index is 9.56. The van der Waals surface area contributed by atoms with E-state index in [4.69, 9.17) is 5.11 Å². The summed E-state index contributed by atoms with van der Waals surface area (Å²) in [6, 6.07) is 0. The van der Waals surface area contributed by atoms with Crippen molar-refractivity contribution in [3.8, 4) is 0 Å². The molecule has 0 aliphatic carbocycles. The third-order valence-electron chi connectivity index (χ3n) is 2.20. The van der Waals surface area contributed by atoms with E-state index in [1.807, 2.05) is 13.8 Å². The molecule has 0 radical (unpaired) electrons. The van der Waals surface area contributed by atoms with Gasteiger partial charge in [0.05, 0.1) is 6.10 Å². The second-order valence-corrected chi connectivity index (χ2v) is 3.42. The fourth-order valence-electron chi connectivity index (χ4n) is 1.29. The van der Waals surface area contributed by atoms with Gasteiger partial charge < -0.3 is 10.2 Å². The zero-order chi connectivity index (χ0) is 8.85. The average molecular weight is 160 g/mol. The van der Waals surface area contributed by atoms with Crippen LogP contribution in [-0.4, -0.2) is 22.9 Å². The number of hydrogen-bond acceptors (Lipinski definition) is 2. The molecule has 2 heteroatoms. The van der Waals surface area contributed by atoms with Crippen molar-refractivity contribution < 1.29 is 10.2 Å². The van der Waals surface area contributed by atoms with E-state index >= 15 is 0 Å². The van der Waals surface area contributed by atoms with Gasteiger partial charge in [-0.3, -0.25) is 0 Å². The predicted molar refractivity (Wildman–Crippen MR) is 46.3 cm³/mol. The summed E-state index contributed by atoms with van der Waals surface area (Å²) in [4.78, 5) is 0. The normalized spacial score (nSPS) is 19.4. The molecule has 0 fully saturated rings. The van der Waals surface area contributed by atoms with Crippen LogP contribution in [0.4, 0.5) is 0 Å². The lowest BCUT2D eigenvalue weighted by Gasteiger charge is -2.22. The molecule has 0 aromatic heterocycles. The van der Waals surface area contributed by atoms with Crippen LogP contribution < -0.4 is 0 Å². The molecule has 0 unspecified atom stereocenters. The molecule has 0 amide bonds. The summed E-state index contributed by atoms with van der Waals surface area (Å²) >= 11 is 0. The summed E-state index contributed by atoms with van der Waals surface area (Å²) in [6.45, 7) is 6.08. The fraction of sp³-hybridized carbons (Fsp3) is 1.00. The summed E-state index contributed by atoms with van der Waals surface area (Å²) in [5, 5.41) is 18.3. The monoisotopic (exact) mass is 160 g/mol. The first-order valence-corrected chi connectivity index (χ1v) is 4.42. The van der Waals surface area contributed by atoms with Crippen LogP contribution >= 0.6 is 0 Å². The van der Waals surface area contributed by atoms with Crippen molar-refractivity contribution in [2.45, 2.75) is 39.7 Å². The second kappa shape index (κ2) is 5.56. The highest BCUT2D eigenvalue weighted by Crippen LogP contribution is 2.16. The number of hydrogen-bond donors (Lipinski definition) is 2. The molecule has 0 spiro atoms. The maximum atomic E-state index is 9.56. The Morgan fingerprint density at radius 2 is 1.73 bits per heavy atom. The number of aliphatic hydroxyl groups is 2. The Balaban J connectivity index is 3.70. The van der Waals surface area contributed by atoms with Crippen molar-refractivity contribution in [2.75, 3.05) is 6.61 Å². The Labute approximate surface area is 69.2 Å². The van der Waals surface area contributed by atoms with Gasteiger partial charge in [-0.1, -0.05) is 27.2 Å². The average Bonchev–Trinajstić information content (AvgIpc) is 2.02. The third kappa shape index (κ3) is 3.73. The highest BCUT2D eigenvalue weighted by atomic mass is 16.3. The summed E-state index contributed by atoms with van der Waals surface area (Å²) in [6.07, 6.45) is 1.78. The van der Waals surface area contributed by atoms with Crippen molar-refractivity contribution >= 4 is 0 Å². The molecule has 0 heterocycles. The van der Waals surface area contributed by atoms with Gasteiger partial charge in [0.15, 0.2) is 0 Å². The number of aliphatic hydroxyl groups excluding tert-OH is 2. The van der Waals surface area contributed by atoms with Gasteiger partial charge in [-0.2, -0.15) is 0 Å². The van der Waals surface area contributed by atoms with E-state index < -0.39 is 0 Å². The van der Waals surface area contributed by atoms with E-state index in [1.54, 1.807) is 0 Å². The van der Waals surface area contributed by atoms with Gasteiger partial charge >= 0.3 is 0 Å². The Bertz CT molecular complexity index is 93.6. The molecular weight excluding hydrogens is 140 g/mol. The molecule has 0 aliphatic heterocycles. The molecular formula is C9H20O2. The second-order valence-electron chi connectivity index (χ2n) is 3.42. The van der Waals surface area contributed by atoms with Crippen molar-refractivity contribution in [1.29, 1.82) is 0 Å². The molecule has 68 valence electrons. The SMILES string of the molecule is CCC[C@H](C)[C@@H](O)[C@@H](C)CO. The topological polar surface area (TPSA) is 40.5 Å². The summed E-state index contributed by atoms with van der Waals surface area (Å²) < 4.78 is 0. The summed E-state index contributed by atoms with van der Waals surface area (Å²) in [7, 11) is 0. The first-order valence-electron chi connectivity index (χ1n) is 4.42. The van der Waals surface area contributed by atoms with Gasteiger partial charge in [-0.15, -0.1) is 0 Å². The molecule has 0 rings (SSSR count). The van der Waals surface area contributed by atoms with Crippen LogP contribution in [0, 0.1) is 11.8 Å². The number of rotatable bonds is 5. The lowest BCUT2D eigenvalue weighted by Crippen LogP contribution is -2.27.